The Balaban J connectivity index is 2.37. The van der Waals surface area contributed by atoms with Crippen LogP contribution in [0.2, 0.25) is 5.15 Å². The molecule has 2 aromatic rings. The van der Waals surface area contributed by atoms with Crippen LogP contribution in [-0.4, -0.2) is 14.9 Å². The maximum Gasteiger partial charge on any atom is 0.311 e. The fourth-order valence-electron chi connectivity index (χ4n) is 1.66. The van der Waals surface area contributed by atoms with Crippen LogP contribution >= 0.6 is 11.6 Å². The van der Waals surface area contributed by atoms with Crippen molar-refractivity contribution in [3.05, 3.63) is 51.2 Å². The first-order valence-electron chi connectivity index (χ1n) is 6.15. The quantitative estimate of drug-likeness (QED) is 0.475. The molecular formula is C13H11ClFN3O3. The van der Waals surface area contributed by atoms with Crippen LogP contribution < -0.4 is 4.74 Å². The van der Waals surface area contributed by atoms with Crippen molar-refractivity contribution >= 4 is 17.3 Å². The number of rotatable bonds is 5. The van der Waals surface area contributed by atoms with Gasteiger partial charge in [0.2, 0.25) is 11.6 Å². The minimum Gasteiger partial charge on any atom is -0.432 e. The molecule has 0 unspecified atom stereocenters. The van der Waals surface area contributed by atoms with E-state index in [0.717, 1.165) is 24.6 Å². The highest BCUT2D eigenvalue weighted by Gasteiger charge is 2.17. The summed E-state index contributed by atoms with van der Waals surface area (Å²) in [6.07, 6.45) is 1.39. The molecule has 0 amide bonds. The Morgan fingerprint density at radius 3 is 2.81 bits per heavy atom. The Morgan fingerprint density at radius 1 is 1.38 bits per heavy atom. The molecule has 1 aromatic carbocycles. The largest absolute Gasteiger partial charge is 0.432 e. The zero-order valence-corrected chi connectivity index (χ0v) is 11.8. The highest BCUT2D eigenvalue weighted by Crippen LogP contribution is 2.31. The Bertz CT molecular complexity index is 682. The molecule has 0 radical (unpaired) electrons. The smallest absolute Gasteiger partial charge is 0.311 e. The summed E-state index contributed by atoms with van der Waals surface area (Å²) >= 11 is 5.85. The van der Waals surface area contributed by atoms with Crippen LogP contribution in [-0.2, 0) is 6.42 Å². The third-order valence-corrected chi connectivity index (χ3v) is 2.72. The van der Waals surface area contributed by atoms with Gasteiger partial charge in [-0.2, -0.15) is 4.98 Å². The molecule has 6 nitrogen and oxygen atoms in total. The minimum atomic E-state index is -0.662. The number of halogens is 2. The maximum absolute atomic E-state index is 13.2. The van der Waals surface area contributed by atoms with E-state index in [-0.39, 0.29) is 22.5 Å². The molecule has 110 valence electrons. The summed E-state index contributed by atoms with van der Waals surface area (Å²) < 4.78 is 18.5. The molecule has 2 rings (SSSR count). The van der Waals surface area contributed by atoms with Crippen molar-refractivity contribution in [1.82, 2.24) is 9.97 Å². The number of aryl methyl sites for hydroxylation is 1. The minimum absolute atomic E-state index is 0.0344. The lowest BCUT2D eigenvalue weighted by atomic mass is 10.3. The fraction of sp³-hybridized carbons (Fsp3) is 0.231. The summed E-state index contributed by atoms with van der Waals surface area (Å²) in [5.74, 6) is -0.395. The van der Waals surface area contributed by atoms with Crippen LogP contribution in [0.3, 0.4) is 0 Å². The number of aromatic nitrogens is 2. The van der Waals surface area contributed by atoms with Crippen molar-refractivity contribution in [2.24, 2.45) is 0 Å². The Labute approximate surface area is 124 Å². The van der Waals surface area contributed by atoms with E-state index in [1.165, 1.54) is 6.07 Å². The average Bonchev–Trinajstić information content (AvgIpc) is 2.38. The third-order valence-electron chi connectivity index (χ3n) is 2.52. The second-order valence-electron chi connectivity index (χ2n) is 4.17. The summed E-state index contributed by atoms with van der Waals surface area (Å²) in [6, 6.07) is 4.25. The number of nitrogens with zero attached hydrogens (tertiary/aromatic N) is 3. The molecule has 21 heavy (non-hydrogen) atoms. The Morgan fingerprint density at radius 2 is 2.14 bits per heavy atom. The number of nitro groups is 1. The van der Waals surface area contributed by atoms with Gasteiger partial charge in [-0.3, -0.25) is 10.1 Å². The van der Waals surface area contributed by atoms with Crippen LogP contribution in [0.5, 0.6) is 11.6 Å². The van der Waals surface area contributed by atoms with Crippen molar-refractivity contribution in [2.45, 2.75) is 19.8 Å². The monoisotopic (exact) mass is 311 g/mol. The summed E-state index contributed by atoms with van der Waals surface area (Å²) in [6.45, 7) is 1.95. The van der Waals surface area contributed by atoms with E-state index in [2.05, 4.69) is 9.97 Å². The van der Waals surface area contributed by atoms with E-state index < -0.39 is 10.7 Å². The highest BCUT2D eigenvalue weighted by molar-refractivity contribution is 6.29. The normalized spacial score (nSPS) is 10.4. The lowest BCUT2D eigenvalue weighted by molar-refractivity contribution is -0.385. The lowest BCUT2D eigenvalue weighted by Crippen LogP contribution is -1.99. The van der Waals surface area contributed by atoms with Crippen LogP contribution in [0.25, 0.3) is 0 Å². The first-order chi connectivity index (χ1) is 9.99. The van der Waals surface area contributed by atoms with Gasteiger partial charge in [0.15, 0.2) is 0 Å². The van der Waals surface area contributed by atoms with E-state index >= 15 is 0 Å². The van der Waals surface area contributed by atoms with Crippen LogP contribution in [0, 0.1) is 15.9 Å². The van der Waals surface area contributed by atoms with E-state index in [4.69, 9.17) is 16.3 Å². The molecular weight excluding hydrogens is 301 g/mol. The zero-order chi connectivity index (χ0) is 15.4. The topological polar surface area (TPSA) is 78.2 Å². The molecule has 0 aliphatic rings. The zero-order valence-electron chi connectivity index (χ0n) is 11.0. The molecule has 0 aliphatic heterocycles. The molecule has 0 spiro atoms. The second-order valence-corrected chi connectivity index (χ2v) is 4.55. The predicted molar refractivity (Wildman–Crippen MR) is 74.2 cm³/mol. The predicted octanol–water partition coefficient (Wildman–Crippen LogP) is 3.92. The summed E-state index contributed by atoms with van der Waals surface area (Å²) in [5, 5.41) is 11.1. The van der Waals surface area contributed by atoms with E-state index in [1.54, 1.807) is 0 Å². The number of nitro benzene ring substituents is 1. The second kappa shape index (κ2) is 6.45. The third kappa shape index (κ3) is 3.85. The average molecular weight is 312 g/mol. The molecule has 0 N–H and O–H groups in total. The molecule has 0 saturated heterocycles. The number of benzene rings is 1. The molecule has 0 atom stereocenters. The molecule has 0 aliphatic carbocycles. The van der Waals surface area contributed by atoms with Gasteiger partial charge in [-0.25, -0.2) is 9.37 Å². The number of ether oxygens (including phenoxy) is 1. The van der Waals surface area contributed by atoms with Gasteiger partial charge in [0, 0.05) is 24.6 Å². The van der Waals surface area contributed by atoms with Gasteiger partial charge in [0.1, 0.15) is 16.8 Å². The van der Waals surface area contributed by atoms with Gasteiger partial charge >= 0.3 is 5.69 Å². The van der Waals surface area contributed by atoms with Gasteiger partial charge in [0.25, 0.3) is 0 Å². The van der Waals surface area contributed by atoms with Crippen molar-refractivity contribution in [3.63, 3.8) is 0 Å². The van der Waals surface area contributed by atoms with Gasteiger partial charge in [-0.05, 0) is 12.5 Å². The van der Waals surface area contributed by atoms with Gasteiger partial charge < -0.3 is 4.74 Å². The van der Waals surface area contributed by atoms with E-state index in [9.17, 15) is 14.5 Å². The first kappa shape index (κ1) is 15.1. The van der Waals surface area contributed by atoms with Crippen LogP contribution in [0.15, 0.2) is 24.3 Å². The van der Waals surface area contributed by atoms with Gasteiger partial charge in [-0.1, -0.05) is 18.5 Å². The van der Waals surface area contributed by atoms with Gasteiger partial charge in [-0.15, -0.1) is 0 Å². The summed E-state index contributed by atoms with van der Waals surface area (Å²) in [7, 11) is 0. The molecule has 0 saturated carbocycles. The number of hydrogen-bond acceptors (Lipinski definition) is 5. The van der Waals surface area contributed by atoms with Crippen LogP contribution in [0.1, 0.15) is 19.2 Å². The first-order valence-corrected chi connectivity index (χ1v) is 6.52. The molecule has 1 aromatic heterocycles. The van der Waals surface area contributed by atoms with Crippen LogP contribution in [0.4, 0.5) is 10.1 Å². The van der Waals surface area contributed by atoms with Crippen molar-refractivity contribution < 1.29 is 14.1 Å². The van der Waals surface area contributed by atoms with Crippen molar-refractivity contribution in [3.8, 4) is 11.6 Å². The van der Waals surface area contributed by atoms with Crippen molar-refractivity contribution in [2.75, 3.05) is 0 Å². The molecule has 0 bridgehead atoms. The van der Waals surface area contributed by atoms with Gasteiger partial charge in [0.05, 0.1) is 4.92 Å². The summed E-state index contributed by atoms with van der Waals surface area (Å²) in [4.78, 5) is 18.3. The van der Waals surface area contributed by atoms with Crippen molar-refractivity contribution in [1.29, 1.82) is 0 Å². The lowest BCUT2D eigenvalue weighted by Gasteiger charge is -2.07. The summed E-state index contributed by atoms with van der Waals surface area (Å²) in [5.41, 5.74) is -0.358. The molecule has 8 heteroatoms. The highest BCUT2D eigenvalue weighted by atomic mass is 35.5. The number of hydrogen-bond donors (Lipinski definition) is 0. The standard InChI is InChI=1S/C13H11ClFN3O3/c1-2-3-12-16-11(14)7-13(17-12)21-10-6-8(15)4-5-9(10)18(19)20/h4-7H,2-3H2,1H3. The van der Waals surface area contributed by atoms with E-state index in [0.29, 0.717) is 12.2 Å². The molecule has 1 heterocycles. The maximum atomic E-state index is 13.2. The Kier molecular flexibility index (Phi) is 4.64. The SMILES string of the molecule is CCCc1nc(Cl)cc(Oc2cc(F)ccc2[N+](=O)[O-])n1. The molecule has 0 fully saturated rings. The van der Waals surface area contributed by atoms with E-state index in [1.807, 2.05) is 6.92 Å². The fourth-order valence-corrected chi connectivity index (χ4v) is 1.85. The Hall–Kier alpha value is -2.28.